The molecule has 4 heteroatoms. The van der Waals surface area contributed by atoms with E-state index in [2.05, 4.69) is 4.90 Å². The quantitative estimate of drug-likeness (QED) is 0.451. The van der Waals surface area contributed by atoms with Gasteiger partial charge in [-0.1, -0.05) is 20.8 Å². The molecule has 0 saturated carbocycles. The first-order chi connectivity index (χ1) is 5.65. The molecule has 1 atom stereocenters. The average molecular weight is 174 g/mol. The third kappa shape index (κ3) is 3.67. The fraction of sp³-hybridized carbons (Fsp3) is 1.00. The van der Waals surface area contributed by atoms with Crippen molar-refractivity contribution in [2.45, 2.75) is 33.2 Å². The van der Waals surface area contributed by atoms with Gasteiger partial charge >= 0.3 is 0 Å². The second-order valence-electron chi connectivity index (χ2n) is 2.83. The van der Waals surface area contributed by atoms with Crippen LogP contribution in [0.2, 0.25) is 0 Å². The first-order valence-electron chi connectivity index (χ1n) is 4.51. The van der Waals surface area contributed by atoms with Gasteiger partial charge in [-0.2, -0.15) is 0 Å². The first kappa shape index (κ1) is 11.4. The molecular formula is C8H18N2O2. The number of nitrogens with zero attached hydrogens (tertiary/aromatic N) is 2. The minimum absolute atomic E-state index is 0.182. The monoisotopic (exact) mass is 174 g/mol. The molecule has 0 aliphatic carbocycles. The lowest BCUT2D eigenvalue weighted by Gasteiger charge is -2.19. The molecule has 0 aromatic rings. The van der Waals surface area contributed by atoms with Gasteiger partial charge in [-0.3, -0.25) is 15.0 Å². The summed E-state index contributed by atoms with van der Waals surface area (Å²) in [7, 11) is 0. The van der Waals surface area contributed by atoms with E-state index in [0.717, 1.165) is 13.1 Å². The molecule has 1 unspecified atom stereocenters. The van der Waals surface area contributed by atoms with E-state index in [1.807, 2.05) is 20.8 Å². The Morgan fingerprint density at radius 2 is 1.83 bits per heavy atom. The highest BCUT2D eigenvalue weighted by molar-refractivity contribution is 4.61. The third-order valence-electron chi connectivity index (χ3n) is 2.13. The van der Waals surface area contributed by atoms with Crippen LogP contribution in [0.1, 0.15) is 27.2 Å². The van der Waals surface area contributed by atoms with Crippen LogP contribution >= 0.6 is 0 Å². The molecule has 0 heterocycles. The molecule has 0 aromatic heterocycles. The van der Waals surface area contributed by atoms with Crippen molar-refractivity contribution in [3.63, 3.8) is 0 Å². The molecule has 0 saturated heterocycles. The number of nitro groups is 1. The summed E-state index contributed by atoms with van der Waals surface area (Å²) in [5, 5.41) is 10.5. The van der Waals surface area contributed by atoms with E-state index in [9.17, 15) is 10.1 Å². The Morgan fingerprint density at radius 3 is 2.08 bits per heavy atom. The topological polar surface area (TPSA) is 46.4 Å². The number of likely N-dealkylation sites (N-methyl/N-ethyl adjacent to an activating group) is 1. The van der Waals surface area contributed by atoms with Crippen molar-refractivity contribution in [1.82, 2.24) is 4.90 Å². The normalized spacial score (nSPS) is 13.3. The van der Waals surface area contributed by atoms with Gasteiger partial charge in [0.15, 0.2) is 0 Å². The highest BCUT2D eigenvalue weighted by Gasteiger charge is 2.19. The zero-order chi connectivity index (χ0) is 9.56. The molecule has 0 bridgehead atoms. The van der Waals surface area contributed by atoms with Crippen molar-refractivity contribution < 1.29 is 4.92 Å². The molecule has 0 aliphatic heterocycles. The van der Waals surface area contributed by atoms with Crippen molar-refractivity contribution in [3.05, 3.63) is 10.1 Å². The molecule has 0 aliphatic rings. The van der Waals surface area contributed by atoms with Gasteiger partial charge in [0.25, 0.3) is 0 Å². The van der Waals surface area contributed by atoms with Gasteiger partial charge in [0.05, 0.1) is 6.54 Å². The highest BCUT2D eigenvalue weighted by Crippen LogP contribution is 1.99. The summed E-state index contributed by atoms with van der Waals surface area (Å²) < 4.78 is 0. The molecule has 0 spiro atoms. The van der Waals surface area contributed by atoms with Crippen molar-refractivity contribution in [2.24, 2.45) is 0 Å². The standard InChI is InChI=1S/C8H18N2O2/c1-4-8(10(11)12)7-9(5-2)6-3/h8H,4-7H2,1-3H3. The zero-order valence-corrected chi connectivity index (χ0v) is 8.12. The average Bonchev–Trinajstić information content (AvgIpc) is 2.06. The van der Waals surface area contributed by atoms with Crippen LogP contribution in [0.25, 0.3) is 0 Å². The van der Waals surface area contributed by atoms with Gasteiger partial charge < -0.3 is 0 Å². The zero-order valence-electron chi connectivity index (χ0n) is 8.12. The van der Waals surface area contributed by atoms with E-state index in [1.165, 1.54) is 0 Å². The van der Waals surface area contributed by atoms with Crippen molar-refractivity contribution in [2.75, 3.05) is 19.6 Å². The van der Waals surface area contributed by atoms with Crippen LogP contribution in [0.5, 0.6) is 0 Å². The predicted octanol–water partition coefficient (Wildman–Crippen LogP) is 1.38. The van der Waals surface area contributed by atoms with Crippen LogP contribution in [0.15, 0.2) is 0 Å². The van der Waals surface area contributed by atoms with Crippen LogP contribution in [-0.4, -0.2) is 35.5 Å². The van der Waals surface area contributed by atoms with Crippen LogP contribution in [0.4, 0.5) is 0 Å². The molecule has 0 aromatic carbocycles. The Labute approximate surface area is 73.7 Å². The van der Waals surface area contributed by atoms with Gasteiger partial charge in [-0.25, -0.2) is 0 Å². The molecule has 0 amide bonds. The van der Waals surface area contributed by atoms with Crippen LogP contribution in [0, 0.1) is 10.1 Å². The summed E-state index contributed by atoms with van der Waals surface area (Å²) in [4.78, 5) is 12.4. The lowest BCUT2D eigenvalue weighted by Crippen LogP contribution is -2.36. The molecule has 0 radical (unpaired) electrons. The molecule has 0 fully saturated rings. The molecule has 12 heavy (non-hydrogen) atoms. The summed E-state index contributed by atoms with van der Waals surface area (Å²) in [6.07, 6.45) is 0.615. The maximum atomic E-state index is 10.5. The Morgan fingerprint density at radius 1 is 1.33 bits per heavy atom. The Bertz CT molecular complexity index is 135. The first-order valence-corrected chi connectivity index (χ1v) is 4.51. The summed E-state index contributed by atoms with van der Waals surface area (Å²) in [5.41, 5.74) is 0. The third-order valence-corrected chi connectivity index (χ3v) is 2.13. The van der Waals surface area contributed by atoms with E-state index in [-0.39, 0.29) is 4.92 Å². The second-order valence-corrected chi connectivity index (χ2v) is 2.83. The van der Waals surface area contributed by atoms with Crippen molar-refractivity contribution in [1.29, 1.82) is 0 Å². The lowest BCUT2D eigenvalue weighted by atomic mass is 10.2. The van der Waals surface area contributed by atoms with E-state index >= 15 is 0 Å². The Hall–Kier alpha value is -0.640. The summed E-state index contributed by atoms with van der Waals surface area (Å²) >= 11 is 0. The van der Waals surface area contributed by atoms with Crippen LogP contribution in [-0.2, 0) is 0 Å². The molecule has 72 valence electrons. The van der Waals surface area contributed by atoms with Crippen LogP contribution in [0.3, 0.4) is 0 Å². The molecule has 0 N–H and O–H groups in total. The van der Waals surface area contributed by atoms with Crippen LogP contribution < -0.4 is 0 Å². The van der Waals surface area contributed by atoms with Gasteiger partial charge in [0.2, 0.25) is 6.04 Å². The summed E-state index contributed by atoms with van der Waals surface area (Å²) in [5.74, 6) is 0. The van der Waals surface area contributed by atoms with Gasteiger partial charge in [0, 0.05) is 11.3 Å². The second kappa shape index (κ2) is 5.94. The number of hydrogen-bond acceptors (Lipinski definition) is 3. The smallest absolute Gasteiger partial charge is 0.225 e. The maximum Gasteiger partial charge on any atom is 0.225 e. The summed E-state index contributed by atoms with van der Waals surface area (Å²) in [6, 6.07) is -0.398. The van der Waals surface area contributed by atoms with E-state index in [1.54, 1.807) is 0 Å². The number of rotatable bonds is 6. The lowest BCUT2D eigenvalue weighted by molar-refractivity contribution is -0.523. The fourth-order valence-corrected chi connectivity index (χ4v) is 1.12. The van der Waals surface area contributed by atoms with E-state index in [4.69, 9.17) is 0 Å². The van der Waals surface area contributed by atoms with E-state index in [0.29, 0.717) is 13.0 Å². The molecule has 4 nitrogen and oxygen atoms in total. The van der Waals surface area contributed by atoms with Crippen molar-refractivity contribution >= 4 is 0 Å². The van der Waals surface area contributed by atoms with Gasteiger partial charge in [-0.15, -0.1) is 0 Å². The molecule has 0 rings (SSSR count). The van der Waals surface area contributed by atoms with Gasteiger partial charge in [0.1, 0.15) is 0 Å². The van der Waals surface area contributed by atoms with Gasteiger partial charge in [-0.05, 0) is 13.1 Å². The maximum absolute atomic E-state index is 10.5. The summed E-state index contributed by atoms with van der Waals surface area (Å²) in [6.45, 7) is 8.27. The largest absolute Gasteiger partial charge is 0.297 e. The highest BCUT2D eigenvalue weighted by atomic mass is 16.6. The van der Waals surface area contributed by atoms with Crippen molar-refractivity contribution in [3.8, 4) is 0 Å². The molecular weight excluding hydrogens is 156 g/mol. The predicted molar refractivity (Wildman–Crippen MR) is 48.9 cm³/mol. The number of hydrogen-bond donors (Lipinski definition) is 0. The fourth-order valence-electron chi connectivity index (χ4n) is 1.12. The van der Waals surface area contributed by atoms with E-state index < -0.39 is 6.04 Å². The Kier molecular flexibility index (Phi) is 5.62. The SMILES string of the molecule is CCC(CN(CC)CC)[N+](=O)[O-]. The Balaban J connectivity index is 3.91. The minimum atomic E-state index is -0.398. The minimum Gasteiger partial charge on any atom is -0.297 e.